The van der Waals surface area contributed by atoms with Crippen molar-refractivity contribution in [2.24, 2.45) is 10.4 Å². The SMILES string of the molecule is CCNC(=O)C(C)(C)CNC(=NC)NCC(c1cccc(OC)c1)N1CCCC1. The van der Waals surface area contributed by atoms with Crippen molar-refractivity contribution in [2.75, 3.05) is 46.9 Å². The Morgan fingerprint density at radius 1 is 1.24 bits per heavy atom. The van der Waals surface area contributed by atoms with E-state index in [9.17, 15) is 4.79 Å². The monoisotopic (exact) mass is 403 g/mol. The normalized spacial score (nSPS) is 16.4. The second-order valence-electron chi connectivity index (χ2n) is 8.09. The van der Waals surface area contributed by atoms with E-state index in [1.807, 2.05) is 32.9 Å². The number of nitrogens with one attached hydrogen (secondary N) is 3. The van der Waals surface area contributed by atoms with Crippen molar-refractivity contribution < 1.29 is 9.53 Å². The highest BCUT2D eigenvalue weighted by atomic mass is 16.5. The van der Waals surface area contributed by atoms with Gasteiger partial charge in [0.2, 0.25) is 5.91 Å². The van der Waals surface area contributed by atoms with E-state index in [4.69, 9.17) is 4.74 Å². The molecule has 1 amide bonds. The fraction of sp³-hybridized carbons (Fsp3) is 0.636. The molecular formula is C22H37N5O2. The molecule has 0 radical (unpaired) electrons. The number of methoxy groups -OCH3 is 1. The van der Waals surface area contributed by atoms with Gasteiger partial charge in [0.05, 0.1) is 18.6 Å². The summed E-state index contributed by atoms with van der Waals surface area (Å²) in [5.41, 5.74) is 0.714. The molecule has 1 aliphatic rings. The lowest BCUT2D eigenvalue weighted by Crippen LogP contribution is -2.49. The molecule has 1 unspecified atom stereocenters. The second kappa shape index (κ2) is 11.0. The molecule has 0 aliphatic carbocycles. The first-order valence-corrected chi connectivity index (χ1v) is 10.5. The van der Waals surface area contributed by atoms with Crippen LogP contribution in [0.2, 0.25) is 0 Å². The van der Waals surface area contributed by atoms with Gasteiger partial charge in [-0.15, -0.1) is 0 Å². The van der Waals surface area contributed by atoms with Gasteiger partial charge in [-0.25, -0.2) is 0 Å². The van der Waals surface area contributed by atoms with Crippen molar-refractivity contribution in [3.05, 3.63) is 29.8 Å². The Balaban J connectivity index is 2.02. The van der Waals surface area contributed by atoms with Crippen LogP contribution in [0.5, 0.6) is 5.75 Å². The van der Waals surface area contributed by atoms with Crippen molar-refractivity contribution in [1.82, 2.24) is 20.9 Å². The van der Waals surface area contributed by atoms with Crippen molar-refractivity contribution in [1.29, 1.82) is 0 Å². The first kappa shape index (κ1) is 23.0. The van der Waals surface area contributed by atoms with E-state index in [-0.39, 0.29) is 11.9 Å². The molecule has 0 bridgehead atoms. The minimum absolute atomic E-state index is 0.0364. The summed E-state index contributed by atoms with van der Waals surface area (Å²) in [7, 11) is 3.45. The molecule has 7 nitrogen and oxygen atoms in total. The first-order valence-electron chi connectivity index (χ1n) is 10.5. The number of carbonyl (C=O) groups excluding carboxylic acids is 1. The highest BCUT2D eigenvalue weighted by molar-refractivity contribution is 5.84. The van der Waals surface area contributed by atoms with E-state index in [0.29, 0.717) is 19.0 Å². The predicted octanol–water partition coefficient (Wildman–Crippen LogP) is 2.16. The van der Waals surface area contributed by atoms with Crippen molar-refractivity contribution in [3.8, 4) is 5.75 Å². The third-order valence-electron chi connectivity index (χ3n) is 5.40. The molecule has 1 fully saturated rings. The van der Waals surface area contributed by atoms with Crippen molar-refractivity contribution in [2.45, 2.75) is 39.7 Å². The topological polar surface area (TPSA) is 78.0 Å². The average Bonchev–Trinajstić information content (AvgIpc) is 3.25. The van der Waals surface area contributed by atoms with Gasteiger partial charge in [0, 0.05) is 26.7 Å². The van der Waals surface area contributed by atoms with Gasteiger partial charge in [0.15, 0.2) is 5.96 Å². The molecule has 1 aromatic rings. The van der Waals surface area contributed by atoms with Gasteiger partial charge >= 0.3 is 0 Å². The first-order chi connectivity index (χ1) is 13.9. The van der Waals surface area contributed by atoms with Gasteiger partial charge in [-0.2, -0.15) is 0 Å². The summed E-state index contributed by atoms with van der Waals surface area (Å²) in [6.07, 6.45) is 2.46. The summed E-state index contributed by atoms with van der Waals surface area (Å²) in [5, 5.41) is 9.64. The van der Waals surface area contributed by atoms with Crippen LogP contribution in [0.3, 0.4) is 0 Å². The minimum atomic E-state index is -0.519. The van der Waals surface area contributed by atoms with E-state index in [0.717, 1.165) is 25.4 Å². The Hall–Kier alpha value is -2.28. The molecule has 0 saturated carbocycles. The van der Waals surface area contributed by atoms with Crippen LogP contribution in [0.1, 0.15) is 45.2 Å². The molecule has 29 heavy (non-hydrogen) atoms. The molecule has 162 valence electrons. The standard InChI is InChI=1S/C22H37N5O2/c1-6-24-20(28)22(2,3)16-26-21(23-4)25-15-19(27-12-7-8-13-27)17-10-9-11-18(14-17)29-5/h9-11,14,19H,6-8,12-13,15-16H2,1-5H3,(H,24,28)(H2,23,25,26). The van der Waals surface area contributed by atoms with Crippen LogP contribution in [0.15, 0.2) is 29.3 Å². The quantitative estimate of drug-likeness (QED) is 0.435. The van der Waals surface area contributed by atoms with Crippen molar-refractivity contribution in [3.63, 3.8) is 0 Å². The number of hydrogen-bond donors (Lipinski definition) is 3. The zero-order chi connectivity index (χ0) is 21.3. The number of rotatable bonds is 9. The summed E-state index contributed by atoms with van der Waals surface area (Å²) >= 11 is 0. The zero-order valence-corrected chi connectivity index (χ0v) is 18.5. The van der Waals surface area contributed by atoms with E-state index >= 15 is 0 Å². The van der Waals surface area contributed by atoms with Crippen LogP contribution in [0.25, 0.3) is 0 Å². The molecule has 1 heterocycles. The molecule has 1 aromatic carbocycles. The third-order valence-corrected chi connectivity index (χ3v) is 5.40. The fourth-order valence-electron chi connectivity index (χ4n) is 3.56. The van der Waals surface area contributed by atoms with E-state index in [1.54, 1.807) is 14.2 Å². The van der Waals surface area contributed by atoms with E-state index in [1.165, 1.54) is 18.4 Å². The smallest absolute Gasteiger partial charge is 0.227 e. The van der Waals surface area contributed by atoms with E-state index in [2.05, 4.69) is 38.0 Å². The molecule has 3 N–H and O–H groups in total. The number of benzene rings is 1. The Labute approximate surface area is 175 Å². The molecule has 1 atom stereocenters. The molecule has 7 heteroatoms. The lowest BCUT2D eigenvalue weighted by Gasteiger charge is -2.30. The number of guanidine groups is 1. The van der Waals surface area contributed by atoms with Gasteiger partial charge < -0.3 is 20.7 Å². The zero-order valence-electron chi connectivity index (χ0n) is 18.5. The Bertz CT molecular complexity index is 684. The average molecular weight is 404 g/mol. The van der Waals surface area contributed by atoms with Crippen LogP contribution in [0.4, 0.5) is 0 Å². The number of carbonyl (C=O) groups is 1. The highest BCUT2D eigenvalue weighted by Gasteiger charge is 2.28. The Kier molecular flexibility index (Phi) is 8.76. The number of aliphatic imine (C=N–C) groups is 1. The highest BCUT2D eigenvalue weighted by Crippen LogP contribution is 2.27. The van der Waals surface area contributed by atoms with E-state index < -0.39 is 5.41 Å². The van der Waals surface area contributed by atoms with Gasteiger partial charge in [-0.3, -0.25) is 14.7 Å². The largest absolute Gasteiger partial charge is 0.497 e. The van der Waals surface area contributed by atoms with Crippen LogP contribution >= 0.6 is 0 Å². The molecule has 0 spiro atoms. The number of likely N-dealkylation sites (tertiary alicyclic amines) is 1. The van der Waals surface area contributed by atoms with Gasteiger partial charge in [0.25, 0.3) is 0 Å². The number of ether oxygens (including phenoxy) is 1. The molecule has 2 rings (SSSR count). The van der Waals surface area contributed by atoms with Gasteiger partial charge in [-0.1, -0.05) is 12.1 Å². The minimum Gasteiger partial charge on any atom is -0.497 e. The number of nitrogens with zero attached hydrogens (tertiary/aromatic N) is 2. The number of hydrogen-bond acceptors (Lipinski definition) is 4. The third kappa shape index (κ3) is 6.63. The lowest BCUT2D eigenvalue weighted by molar-refractivity contribution is -0.128. The predicted molar refractivity (Wildman–Crippen MR) is 118 cm³/mol. The van der Waals surface area contributed by atoms with Crippen LogP contribution in [-0.2, 0) is 4.79 Å². The fourth-order valence-corrected chi connectivity index (χ4v) is 3.56. The molecule has 0 aromatic heterocycles. The summed E-state index contributed by atoms with van der Waals surface area (Å²) in [6, 6.07) is 8.52. The van der Waals surface area contributed by atoms with Crippen LogP contribution in [-0.4, -0.2) is 63.6 Å². The Morgan fingerprint density at radius 2 is 1.97 bits per heavy atom. The maximum atomic E-state index is 12.2. The summed E-state index contributed by atoms with van der Waals surface area (Å²) in [4.78, 5) is 19.1. The van der Waals surface area contributed by atoms with Gasteiger partial charge in [0.1, 0.15) is 5.75 Å². The van der Waals surface area contributed by atoms with Crippen LogP contribution < -0.4 is 20.7 Å². The Morgan fingerprint density at radius 3 is 2.59 bits per heavy atom. The molecular weight excluding hydrogens is 366 g/mol. The van der Waals surface area contributed by atoms with Crippen LogP contribution in [0, 0.1) is 5.41 Å². The summed E-state index contributed by atoms with van der Waals surface area (Å²) in [5.74, 6) is 1.61. The maximum absolute atomic E-state index is 12.2. The maximum Gasteiger partial charge on any atom is 0.227 e. The lowest BCUT2D eigenvalue weighted by atomic mass is 9.92. The molecule has 1 aliphatic heterocycles. The molecule has 1 saturated heterocycles. The summed E-state index contributed by atoms with van der Waals surface area (Å²) < 4.78 is 5.42. The van der Waals surface area contributed by atoms with Gasteiger partial charge in [-0.05, 0) is 64.4 Å². The van der Waals surface area contributed by atoms with Crippen molar-refractivity contribution >= 4 is 11.9 Å². The summed E-state index contributed by atoms with van der Waals surface area (Å²) in [6.45, 7) is 9.86. The number of amides is 1. The second-order valence-corrected chi connectivity index (χ2v) is 8.09.